The minimum absolute atomic E-state index is 0.290. The molecule has 0 fully saturated rings. The predicted octanol–water partition coefficient (Wildman–Crippen LogP) is 3.13. The first-order valence-electron chi connectivity index (χ1n) is 6.71. The van der Waals surface area contributed by atoms with Gasteiger partial charge in [-0.15, -0.1) is 0 Å². The van der Waals surface area contributed by atoms with E-state index in [0.717, 1.165) is 5.56 Å². The van der Waals surface area contributed by atoms with Crippen LogP contribution in [0.15, 0.2) is 63.4 Å². The van der Waals surface area contributed by atoms with E-state index >= 15 is 0 Å². The number of hydrogen-bond donors (Lipinski definition) is 0. The minimum atomic E-state index is -0.948. The molecule has 0 aliphatic rings. The Hall–Kier alpha value is -2.45. The maximum atomic E-state index is 10.8. The van der Waals surface area contributed by atoms with E-state index in [4.69, 9.17) is 8.83 Å². The van der Waals surface area contributed by atoms with Crippen molar-refractivity contribution >= 4 is 31.5 Å². The van der Waals surface area contributed by atoms with E-state index in [1.807, 2.05) is 30.3 Å². The second-order valence-electron chi connectivity index (χ2n) is 4.66. The summed E-state index contributed by atoms with van der Waals surface area (Å²) in [4.78, 5) is 21.7. The highest BCUT2D eigenvalue weighted by atomic mass is 31.1. The molecule has 0 saturated heterocycles. The van der Waals surface area contributed by atoms with Gasteiger partial charge in [-0.25, -0.2) is 0 Å². The summed E-state index contributed by atoms with van der Waals surface area (Å²) >= 11 is 0. The lowest BCUT2D eigenvalue weighted by Crippen LogP contribution is -2.10. The van der Waals surface area contributed by atoms with Crippen LogP contribution in [0.2, 0.25) is 0 Å². The number of hydrogen-bond acceptors (Lipinski definition) is 4. The number of benzene rings is 1. The van der Waals surface area contributed by atoms with Crippen molar-refractivity contribution in [1.82, 2.24) is 0 Å². The number of furan rings is 2. The molecule has 0 saturated carbocycles. The normalized spacial score (nSPS) is 10.8. The fourth-order valence-corrected chi connectivity index (χ4v) is 4.18. The summed E-state index contributed by atoms with van der Waals surface area (Å²) in [5.41, 5.74) is 2.54. The summed E-state index contributed by atoms with van der Waals surface area (Å²) < 4.78 is 11.2. The predicted molar refractivity (Wildman–Crippen MR) is 84.5 cm³/mol. The molecule has 0 aliphatic carbocycles. The van der Waals surface area contributed by atoms with E-state index in [2.05, 4.69) is 0 Å². The van der Waals surface area contributed by atoms with E-state index in [-0.39, 0.29) is 11.5 Å². The van der Waals surface area contributed by atoms with Crippen molar-refractivity contribution in [2.24, 2.45) is 0 Å². The second-order valence-corrected chi connectivity index (χ2v) is 6.71. The molecule has 0 amide bonds. The molecule has 0 atom stereocenters. The van der Waals surface area contributed by atoms with E-state index in [1.165, 1.54) is 0 Å². The Labute approximate surface area is 128 Å². The van der Waals surface area contributed by atoms with Gasteiger partial charge in [-0.2, -0.15) is 0 Å². The first-order valence-corrected chi connectivity index (χ1v) is 8.24. The summed E-state index contributed by atoms with van der Waals surface area (Å²) in [6.45, 7) is 0. The molecular formula is C17H13O4P. The molecule has 3 aromatic rings. The highest BCUT2D eigenvalue weighted by Crippen LogP contribution is 2.38. The van der Waals surface area contributed by atoms with Gasteiger partial charge in [0.2, 0.25) is 0 Å². The Morgan fingerprint density at radius 3 is 1.77 bits per heavy atom. The van der Waals surface area contributed by atoms with Crippen LogP contribution in [0.4, 0.5) is 0 Å². The molecule has 0 bridgehead atoms. The monoisotopic (exact) mass is 312 g/mol. The van der Waals surface area contributed by atoms with Crippen molar-refractivity contribution in [1.29, 1.82) is 0 Å². The van der Waals surface area contributed by atoms with Crippen LogP contribution in [0, 0.1) is 0 Å². The standard InChI is InChI=1S/C17H13O4P/c18-10-14-6-8-16(20-14)22(12-13-4-2-1-3-5-13)17-9-7-15(11-19)21-17/h1-11H,12H2. The molecule has 1 aromatic carbocycles. The van der Waals surface area contributed by atoms with E-state index in [1.54, 1.807) is 24.3 Å². The summed E-state index contributed by atoms with van der Waals surface area (Å²) in [5.74, 6) is 0.579. The van der Waals surface area contributed by atoms with Gasteiger partial charge in [-0.05, 0) is 29.8 Å². The third-order valence-electron chi connectivity index (χ3n) is 3.17. The van der Waals surface area contributed by atoms with Crippen LogP contribution in [0.5, 0.6) is 0 Å². The van der Waals surface area contributed by atoms with Gasteiger partial charge in [0.15, 0.2) is 24.1 Å². The summed E-state index contributed by atoms with van der Waals surface area (Å²) in [5, 5.41) is 0. The number of carbonyl (C=O) groups excluding carboxylic acids is 2. The lowest BCUT2D eigenvalue weighted by Gasteiger charge is -2.12. The van der Waals surface area contributed by atoms with Gasteiger partial charge in [-0.3, -0.25) is 9.59 Å². The van der Waals surface area contributed by atoms with Gasteiger partial charge < -0.3 is 8.83 Å². The van der Waals surface area contributed by atoms with Gasteiger partial charge in [0.1, 0.15) is 11.0 Å². The van der Waals surface area contributed by atoms with Crippen molar-refractivity contribution in [3.8, 4) is 0 Å². The van der Waals surface area contributed by atoms with Crippen LogP contribution < -0.4 is 11.0 Å². The average Bonchev–Trinajstić information content (AvgIpc) is 3.23. The quantitative estimate of drug-likeness (QED) is 0.518. The third kappa shape index (κ3) is 3.07. The Morgan fingerprint density at radius 2 is 1.32 bits per heavy atom. The molecule has 2 aromatic heterocycles. The first-order chi connectivity index (χ1) is 10.8. The van der Waals surface area contributed by atoms with Crippen molar-refractivity contribution in [3.63, 3.8) is 0 Å². The smallest absolute Gasteiger partial charge is 0.185 e. The Balaban J connectivity index is 1.97. The molecule has 22 heavy (non-hydrogen) atoms. The van der Waals surface area contributed by atoms with Crippen molar-refractivity contribution in [2.45, 2.75) is 6.16 Å². The van der Waals surface area contributed by atoms with Crippen LogP contribution in [0.3, 0.4) is 0 Å². The lowest BCUT2D eigenvalue weighted by molar-refractivity contribution is 0.109. The van der Waals surface area contributed by atoms with Crippen molar-refractivity contribution in [3.05, 3.63) is 71.7 Å². The lowest BCUT2D eigenvalue weighted by atomic mass is 10.2. The largest absolute Gasteiger partial charge is 0.453 e. The van der Waals surface area contributed by atoms with Gasteiger partial charge in [-0.1, -0.05) is 30.3 Å². The van der Waals surface area contributed by atoms with Crippen LogP contribution in [0.1, 0.15) is 26.7 Å². The van der Waals surface area contributed by atoms with Gasteiger partial charge in [0.05, 0.1) is 0 Å². The SMILES string of the molecule is O=Cc1ccc(P(Cc2ccccc2)c2ccc(C=O)o2)o1. The molecule has 0 radical (unpaired) electrons. The maximum Gasteiger partial charge on any atom is 0.185 e. The zero-order valence-corrected chi connectivity index (χ0v) is 12.5. The van der Waals surface area contributed by atoms with Crippen molar-refractivity contribution < 1.29 is 18.4 Å². The molecule has 3 rings (SSSR count). The maximum absolute atomic E-state index is 10.8. The molecule has 2 heterocycles. The molecule has 0 N–H and O–H groups in total. The van der Waals surface area contributed by atoms with Gasteiger partial charge in [0, 0.05) is 14.1 Å². The van der Waals surface area contributed by atoms with Gasteiger partial charge in [0.25, 0.3) is 0 Å². The Bertz CT molecular complexity index is 727. The number of carbonyl (C=O) groups is 2. The van der Waals surface area contributed by atoms with Crippen LogP contribution in [-0.4, -0.2) is 12.6 Å². The van der Waals surface area contributed by atoms with E-state index < -0.39 is 7.92 Å². The fourth-order valence-electron chi connectivity index (χ4n) is 2.13. The third-order valence-corrected chi connectivity index (χ3v) is 5.40. The van der Waals surface area contributed by atoms with Crippen molar-refractivity contribution in [2.75, 3.05) is 0 Å². The second kappa shape index (κ2) is 6.54. The highest BCUT2D eigenvalue weighted by Gasteiger charge is 2.22. The summed E-state index contributed by atoms with van der Waals surface area (Å²) in [7, 11) is -0.948. The highest BCUT2D eigenvalue weighted by molar-refractivity contribution is 7.71. The molecule has 0 spiro atoms. The Morgan fingerprint density at radius 1 is 0.773 bits per heavy atom. The van der Waals surface area contributed by atoms with E-state index in [0.29, 0.717) is 29.7 Å². The fraction of sp³-hybridized carbons (Fsp3) is 0.0588. The van der Waals surface area contributed by atoms with Crippen LogP contribution in [-0.2, 0) is 6.16 Å². The molecule has 4 nitrogen and oxygen atoms in total. The minimum Gasteiger partial charge on any atom is -0.453 e. The summed E-state index contributed by atoms with van der Waals surface area (Å²) in [6, 6.07) is 16.8. The first kappa shape index (κ1) is 14.5. The topological polar surface area (TPSA) is 60.4 Å². The molecule has 110 valence electrons. The summed E-state index contributed by atoms with van der Waals surface area (Å²) in [6.07, 6.45) is 2.07. The molecule has 0 aliphatic heterocycles. The molecule has 5 heteroatoms. The van der Waals surface area contributed by atoms with Gasteiger partial charge >= 0.3 is 0 Å². The van der Waals surface area contributed by atoms with Crippen LogP contribution >= 0.6 is 7.92 Å². The Kier molecular flexibility index (Phi) is 4.31. The number of rotatable bonds is 6. The van der Waals surface area contributed by atoms with E-state index in [9.17, 15) is 9.59 Å². The number of aldehydes is 2. The average molecular weight is 312 g/mol. The zero-order chi connectivity index (χ0) is 15.4. The molecular weight excluding hydrogens is 299 g/mol. The zero-order valence-electron chi connectivity index (χ0n) is 11.6. The van der Waals surface area contributed by atoms with Crippen LogP contribution in [0.25, 0.3) is 0 Å². The molecule has 0 unspecified atom stereocenters.